The van der Waals surface area contributed by atoms with Gasteiger partial charge < -0.3 is 23.8 Å². The molecule has 0 bridgehead atoms. The topological polar surface area (TPSA) is 55.8 Å². The lowest BCUT2D eigenvalue weighted by atomic mass is 9.90. The number of para-hydroxylation sites is 1. The van der Waals surface area contributed by atoms with Gasteiger partial charge in [0.05, 0.1) is 18.9 Å². The van der Waals surface area contributed by atoms with Crippen LogP contribution in [0.4, 0.5) is 0 Å². The van der Waals surface area contributed by atoms with Gasteiger partial charge in [0.15, 0.2) is 23.0 Å². The SMILES string of the molecule is COc1cccc2c1OC1(CCN(C)CC1)N1N=C(c3ccc4c(c3)OCO4)C[C@H]21. The Morgan fingerprint density at radius 3 is 2.77 bits per heavy atom. The van der Waals surface area contributed by atoms with Gasteiger partial charge in [-0.25, -0.2) is 5.01 Å². The maximum Gasteiger partial charge on any atom is 0.231 e. The molecule has 6 rings (SSSR count). The quantitative estimate of drug-likeness (QED) is 0.761. The first kappa shape index (κ1) is 17.9. The number of ether oxygens (including phenoxy) is 4. The molecule has 2 aromatic rings. The molecule has 1 fully saturated rings. The molecule has 4 aliphatic rings. The Labute approximate surface area is 175 Å². The summed E-state index contributed by atoms with van der Waals surface area (Å²) < 4.78 is 23.4. The molecule has 30 heavy (non-hydrogen) atoms. The van der Waals surface area contributed by atoms with Gasteiger partial charge in [-0.2, -0.15) is 5.10 Å². The molecule has 7 heteroatoms. The molecule has 7 nitrogen and oxygen atoms in total. The average molecular weight is 407 g/mol. The zero-order valence-electron chi connectivity index (χ0n) is 17.3. The molecule has 0 radical (unpaired) electrons. The van der Waals surface area contributed by atoms with E-state index in [1.807, 2.05) is 24.3 Å². The van der Waals surface area contributed by atoms with Gasteiger partial charge in [-0.3, -0.25) is 0 Å². The van der Waals surface area contributed by atoms with Crippen molar-refractivity contribution < 1.29 is 18.9 Å². The van der Waals surface area contributed by atoms with E-state index in [2.05, 4.69) is 29.1 Å². The number of methoxy groups -OCH3 is 1. The Bertz CT molecular complexity index is 1030. The zero-order chi connectivity index (χ0) is 20.3. The summed E-state index contributed by atoms with van der Waals surface area (Å²) in [5, 5.41) is 7.36. The van der Waals surface area contributed by atoms with E-state index in [0.717, 1.165) is 72.2 Å². The van der Waals surface area contributed by atoms with Crippen molar-refractivity contribution in [3.05, 3.63) is 47.5 Å². The van der Waals surface area contributed by atoms with Crippen LogP contribution in [0.1, 0.15) is 36.4 Å². The molecule has 0 N–H and O–H groups in total. The molecule has 1 saturated heterocycles. The third-order valence-electron chi connectivity index (χ3n) is 6.68. The summed E-state index contributed by atoms with van der Waals surface area (Å²) in [6, 6.07) is 12.3. The number of likely N-dealkylation sites (tertiary alicyclic amines) is 1. The molecule has 0 aliphatic carbocycles. The third-order valence-corrected chi connectivity index (χ3v) is 6.68. The van der Waals surface area contributed by atoms with Crippen molar-refractivity contribution in [2.45, 2.75) is 31.0 Å². The van der Waals surface area contributed by atoms with Crippen LogP contribution in [-0.4, -0.2) is 55.4 Å². The summed E-state index contributed by atoms with van der Waals surface area (Å²) in [7, 11) is 3.86. The minimum Gasteiger partial charge on any atom is -0.493 e. The van der Waals surface area contributed by atoms with Crippen LogP contribution in [0.25, 0.3) is 0 Å². The minimum absolute atomic E-state index is 0.132. The summed E-state index contributed by atoms with van der Waals surface area (Å²) in [6.07, 6.45) is 2.62. The van der Waals surface area contributed by atoms with Gasteiger partial charge in [0.1, 0.15) is 0 Å². The second kappa shape index (κ2) is 6.54. The van der Waals surface area contributed by atoms with E-state index in [0.29, 0.717) is 0 Å². The Hall–Kier alpha value is -2.93. The van der Waals surface area contributed by atoms with Crippen molar-refractivity contribution in [2.24, 2.45) is 5.10 Å². The highest BCUT2D eigenvalue weighted by Gasteiger charge is 2.52. The number of hydrogen-bond donors (Lipinski definition) is 0. The largest absolute Gasteiger partial charge is 0.493 e. The normalized spacial score (nSPS) is 23.6. The first-order valence-electron chi connectivity index (χ1n) is 10.5. The van der Waals surface area contributed by atoms with Crippen LogP contribution >= 0.6 is 0 Å². The van der Waals surface area contributed by atoms with Crippen molar-refractivity contribution in [1.29, 1.82) is 0 Å². The number of hydrogen-bond acceptors (Lipinski definition) is 7. The third kappa shape index (κ3) is 2.58. The fourth-order valence-electron chi connectivity index (χ4n) is 4.98. The molecule has 0 saturated carbocycles. The Balaban J connectivity index is 1.44. The number of benzene rings is 2. The van der Waals surface area contributed by atoms with E-state index in [1.54, 1.807) is 7.11 Å². The number of fused-ring (bicyclic) bond motifs is 5. The van der Waals surface area contributed by atoms with Gasteiger partial charge >= 0.3 is 0 Å². The number of hydrazone groups is 1. The van der Waals surface area contributed by atoms with E-state index in [4.69, 9.17) is 24.0 Å². The second-order valence-electron chi connectivity index (χ2n) is 8.41. The molecule has 1 spiro atoms. The predicted octanol–water partition coefficient (Wildman–Crippen LogP) is 3.39. The van der Waals surface area contributed by atoms with Crippen LogP contribution in [-0.2, 0) is 0 Å². The Morgan fingerprint density at radius 1 is 1.10 bits per heavy atom. The average Bonchev–Trinajstić information content (AvgIpc) is 3.43. The first-order valence-corrected chi connectivity index (χ1v) is 10.5. The smallest absolute Gasteiger partial charge is 0.231 e. The molecular formula is C23H25N3O4. The molecule has 4 aliphatic heterocycles. The fraction of sp³-hybridized carbons (Fsp3) is 0.435. The Morgan fingerprint density at radius 2 is 1.93 bits per heavy atom. The highest BCUT2D eigenvalue weighted by molar-refractivity contribution is 6.02. The summed E-state index contributed by atoms with van der Waals surface area (Å²) in [6.45, 7) is 2.23. The summed E-state index contributed by atoms with van der Waals surface area (Å²) in [5.74, 6) is 3.24. The van der Waals surface area contributed by atoms with Gasteiger partial charge in [-0.1, -0.05) is 12.1 Å². The summed E-state index contributed by atoms with van der Waals surface area (Å²) >= 11 is 0. The lowest BCUT2D eigenvalue weighted by molar-refractivity contribution is -0.148. The van der Waals surface area contributed by atoms with Crippen molar-refractivity contribution in [1.82, 2.24) is 9.91 Å². The van der Waals surface area contributed by atoms with Crippen molar-refractivity contribution in [3.63, 3.8) is 0 Å². The highest BCUT2D eigenvalue weighted by atomic mass is 16.7. The molecule has 2 aromatic carbocycles. The highest BCUT2D eigenvalue weighted by Crippen LogP contribution is 2.52. The minimum atomic E-state index is -0.448. The van der Waals surface area contributed by atoms with Gasteiger partial charge in [0.25, 0.3) is 0 Å². The number of piperidine rings is 1. The standard InChI is InChI=1S/C23H25N3O4/c1-25-10-8-23(9-11-25)26-18(16-4-3-5-20(27-2)22(16)30-23)13-17(24-26)15-6-7-19-21(12-15)29-14-28-19/h3-7,12,18H,8-11,13-14H2,1-2H3/t18-/m1/s1. The van der Waals surface area contributed by atoms with Crippen molar-refractivity contribution in [3.8, 4) is 23.0 Å². The second-order valence-corrected chi connectivity index (χ2v) is 8.41. The molecule has 1 atom stereocenters. The predicted molar refractivity (Wildman–Crippen MR) is 111 cm³/mol. The number of nitrogens with zero attached hydrogens (tertiary/aromatic N) is 3. The van der Waals surface area contributed by atoms with Gasteiger partial charge in [0, 0.05) is 43.5 Å². The van der Waals surface area contributed by atoms with E-state index in [9.17, 15) is 0 Å². The van der Waals surface area contributed by atoms with Crippen LogP contribution in [0.15, 0.2) is 41.5 Å². The van der Waals surface area contributed by atoms with Crippen LogP contribution in [0, 0.1) is 0 Å². The maximum atomic E-state index is 6.73. The summed E-state index contributed by atoms with van der Waals surface area (Å²) in [4.78, 5) is 2.35. The van der Waals surface area contributed by atoms with Crippen molar-refractivity contribution >= 4 is 5.71 Å². The fourth-order valence-corrected chi connectivity index (χ4v) is 4.98. The first-order chi connectivity index (χ1) is 14.7. The zero-order valence-corrected chi connectivity index (χ0v) is 17.3. The van der Waals surface area contributed by atoms with E-state index in [1.165, 1.54) is 0 Å². The van der Waals surface area contributed by atoms with Crippen molar-refractivity contribution in [2.75, 3.05) is 34.0 Å². The molecule has 4 heterocycles. The van der Waals surface area contributed by atoms with Crippen LogP contribution in [0.5, 0.6) is 23.0 Å². The molecule has 0 unspecified atom stereocenters. The van der Waals surface area contributed by atoms with Gasteiger partial charge in [-0.05, 0) is 31.3 Å². The van der Waals surface area contributed by atoms with E-state index < -0.39 is 5.72 Å². The Kier molecular flexibility index (Phi) is 3.90. The van der Waals surface area contributed by atoms with Gasteiger partial charge in [0.2, 0.25) is 12.5 Å². The van der Waals surface area contributed by atoms with E-state index in [-0.39, 0.29) is 12.8 Å². The number of rotatable bonds is 2. The van der Waals surface area contributed by atoms with Crippen LogP contribution < -0.4 is 18.9 Å². The van der Waals surface area contributed by atoms with Crippen LogP contribution in [0.3, 0.4) is 0 Å². The molecular weight excluding hydrogens is 382 g/mol. The monoisotopic (exact) mass is 407 g/mol. The molecule has 0 amide bonds. The lowest BCUT2D eigenvalue weighted by Gasteiger charge is -2.50. The van der Waals surface area contributed by atoms with Gasteiger partial charge in [-0.15, -0.1) is 0 Å². The van der Waals surface area contributed by atoms with E-state index >= 15 is 0 Å². The summed E-state index contributed by atoms with van der Waals surface area (Å²) in [5.41, 5.74) is 2.81. The lowest BCUT2D eigenvalue weighted by Crippen LogP contribution is -2.58. The van der Waals surface area contributed by atoms with Crippen LogP contribution in [0.2, 0.25) is 0 Å². The molecule has 0 aromatic heterocycles. The molecule has 156 valence electrons. The maximum absolute atomic E-state index is 6.73.